The number of hydrogen-bond acceptors (Lipinski definition) is 6. The second-order valence-corrected chi connectivity index (χ2v) is 7.90. The summed E-state index contributed by atoms with van der Waals surface area (Å²) in [7, 11) is 0.805. The van der Waals surface area contributed by atoms with Crippen molar-refractivity contribution in [2.75, 3.05) is 43.8 Å². The number of hydrogen-bond donors (Lipinski definition) is 1. The van der Waals surface area contributed by atoms with Crippen molar-refractivity contribution in [1.29, 1.82) is 0 Å². The Morgan fingerprint density at radius 3 is 2.36 bits per heavy atom. The van der Waals surface area contributed by atoms with E-state index in [1.165, 1.54) is 20.3 Å². The molecule has 0 saturated heterocycles. The lowest BCUT2D eigenvalue weighted by Gasteiger charge is -2.23. The average molecular weight is 408 g/mol. The quantitative estimate of drug-likeness (QED) is 0.684. The Morgan fingerprint density at radius 2 is 1.75 bits per heavy atom. The van der Waals surface area contributed by atoms with E-state index < -0.39 is 15.9 Å². The standard InChI is InChI=1S/C19H24N2O6S/c1-25-13-14-6-5-7-15(10-14)20-19(22)12-21(28(4,23)24)16-8-9-17(26-2)18(11-16)27-3/h5-11H,12-13H2,1-4H3,(H,20,22). The molecule has 0 fully saturated rings. The molecule has 0 bridgehead atoms. The van der Waals surface area contributed by atoms with Crippen LogP contribution in [0, 0.1) is 0 Å². The number of anilines is 2. The van der Waals surface area contributed by atoms with Gasteiger partial charge in [0.05, 0.1) is 32.8 Å². The molecular weight excluding hydrogens is 384 g/mol. The van der Waals surface area contributed by atoms with Crippen LogP contribution in [0.4, 0.5) is 11.4 Å². The number of carbonyl (C=O) groups excluding carboxylic acids is 1. The second-order valence-electron chi connectivity index (χ2n) is 5.99. The third-order valence-electron chi connectivity index (χ3n) is 3.86. The minimum Gasteiger partial charge on any atom is -0.493 e. The summed E-state index contributed by atoms with van der Waals surface area (Å²) < 4.78 is 41.0. The molecule has 0 unspecified atom stereocenters. The second kappa shape index (κ2) is 9.43. The molecular formula is C19H24N2O6S. The van der Waals surface area contributed by atoms with E-state index in [2.05, 4.69) is 5.32 Å². The number of sulfonamides is 1. The van der Waals surface area contributed by atoms with Gasteiger partial charge in [0.1, 0.15) is 6.54 Å². The third-order valence-corrected chi connectivity index (χ3v) is 5.00. The van der Waals surface area contributed by atoms with Gasteiger partial charge in [-0.1, -0.05) is 12.1 Å². The van der Waals surface area contributed by atoms with Crippen LogP contribution < -0.4 is 19.1 Å². The fourth-order valence-electron chi connectivity index (χ4n) is 2.62. The highest BCUT2D eigenvalue weighted by Crippen LogP contribution is 2.32. The molecule has 2 aromatic rings. The first-order valence-electron chi connectivity index (χ1n) is 8.36. The highest BCUT2D eigenvalue weighted by Gasteiger charge is 2.22. The van der Waals surface area contributed by atoms with Crippen LogP contribution in [-0.4, -0.2) is 48.5 Å². The molecule has 0 aromatic heterocycles. The van der Waals surface area contributed by atoms with Crippen LogP contribution in [0.3, 0.4) is 0 Å². The van der Waals surface area contributed by atoms with Gasteiger partial charge < -0.3 is 19.5 Å². The van der Waals surface area contributed by atoms with Crippen molar-refractivity contribution in [3.05, 3.63) is 48.0 Å². The summed E-state index contributed by atoms with van der Waals surface area (Å²) in [4.78, 5) is 12.5. The number of rotatable bonds is 9. The van der Waals surface area contributed by atoms with E-state index in [9.17, 15) is 13.2 Å². The number of carbonyl (C=O) groups is 1. The van der Waals surface area contributed by atoms with Gasteiger partial charge in [-0.05, 0) is 29.8 Å². The normalized spacial score (nSPS) is 11.0. The highest BCUT2D eigenvalue weighted by molar-refractivity contribution is 7.92. The topological polar surface area (TPSA) is 94.2 Å². The first-order chi connectivity index (χ1) is 13.3. The molecule has 0 saturated carbocycles. The summed E-state index contributed by atoms with van der Waals surface area (Å²) in [5.74, 6) is 0.343. The van der Waals surface area contributed by atoms with E-state index in [4.69, 9.17) is 14.2 Å². The van der Waals surface area contributed by atoms with Gasteiger partial charge in [0, 0.05) is 18.9 Å². The van der Waals surface area contributed by atoms with Crippen molar-refractivity contribution in [2.45, 2.75) is 6.61 Å². The van der Waals surface area contributed by atoms with E-state index in [-0.39, 0.29) is 6.54 Å². The lowest BCUT2D eigenvalue weighted by molar-refractivity contribution is -0.114. The molecule has 8 nitrogen and oxygen atoms in total. The summed E-state index contributed by atoms with van der Waals surface area (Å²) in [5, 5.41) is 2.71. The van der Waals surface area contributed by atoms with E-state index >= 15 is 0 Å². The Bertz CT molecular complexity index is 930. The molecule has 0 aliphatic carbocycles. The molecule has 0 heterocycles. The maximum absolute atomic E-state index is 12.5. The minimum absolute atomic E-state index is 0.295. The summed E-state index contributed by atoms with van der Waals surface area (Å²) in [5.41, 5.74) is 1.74. The summed E-state index contributed by atoms with van der Waals surface area (Å²) in [6, 6.07) is 11.8. The molecule has 9 heteroatoms. The summed E-state index contributed by atoms with van der Waals surface area (Å²) in [6.07, 6.45) is 1.04. The summed E-state index contributed by atoms with van der Waals surface area (Å²) in [6.45, 7) is 0.0215. The number of methoxy groups -OCH3 is 3. The van der Waals surface area contributed by atoms with Crippen LogP contribution in [0.5, 0.6) is 11.5 Å². The van der Waals surface area contributed by atoms with Crippen LogP contribution in [0.2, 0.25) is 0 Å². The van der Waals surface area contributed by atoms with Gasteiger partial charge in [0.25, 0.3) is 0 Å². The number of amides is 1. The predicted octanol–water partition coefficient (Wildman–Crippen LogP) is 2.25. The van der Waals surface area contributed by atoms with Crippen LogP contribution in [0.25, 0.3) is 0 Å². The molecule has 0 spiro atoms. The van der Waals surface area contributed by atoms with Crippen molar-refractivity contribution in [3.8, 4) is 11.5 Å². The molecule has 0 aliphatic heterocycles. The van der Waals surface area contributed by atoms with Gasteiger partial charge in [-0.2, -0.15) is 0 Å². The fourth-order valence-corrected chi connectivity index (χ4v) is 3.46. The Morgan fingerprint density at radius 1 is 1.04 bits per heavy atom. The lowest BCUT2D eigenvalue weighted by atomic mass is 10.2. The van der Waals surface area contributed by atoms with Crippen molar-refractivity contribution >= 4 is 27.3 Å². The Kier molecular flexibility index (Phi) is 7.24. The first kappa shape index (κ1) is 21.5. The van der Waals surface area contributed by atoms with Crippen LogP contribution in [-0.2, 0) is 26.2 Å². The van der Waals surface area contributed by atoms with E-state index in [1.54, 1.807) is 37.4 Å². The molecule has 2 rings (SSSR count). The molecule has 2 aromatic carbocycles. The van der Waals surface area contributed by atoms with E-state index in [0.29, 0.717) is 29.5 Å². The van der Waals surface area contributed by atoms with Gasteiger partial charge in [-0.15, -0.1) is 0 Å². The monoisotopic (exact) mass is 408 g/mol. The van der Waals surface area contributed by atoms with Gasteiger partial charge in [-0.3, -0.25) is 9.10 Å². The average Bonchev–Trinajstić information content (AvgIpc) is 2.65. The molecule has 0 aliphatic rings. The zero-order valence-corrected chi connectivity index (χ0v) is 17.1. The van der Waals surface area contributed by atoms with Crippen molar-refractivity contribution < 1.29 is 27.4 Å². The Hall–Kier alpha value is -2.78. The van der Waals surface area contributed by atoms with Crippen molar-refractivity contribution in [1.82, 2.24) is 0 Å². The number of nitrogens with one attached hydrogen (secondary N) is 1. The predicted molar refractivity (Wildman–Crippen MR) is 108 cm³/mol. The number of benzene rings is 2. The first-order valence-corrected chi connectivity index (χ1v) is 10.2. The SMILES string of the molecule is COCc1cccc(NC(=O)CN(c2ccc(OC)c(OC)c2)S(C)(=O)=O)c1. The lowest BCUT2D eigenvalue weighted by Crippen LogP contribution is -2.37. The fraction of sp³-hybridized carbons (Fsp3) is 0.316. The molecule has 0 atom stereocenters. The molecule has 0 radical (unpaired) electrons. The van der Waals surface area contributed by atoms with Crippen molar-refractivity contribution in [2.24, 2.45) is 0 Å². The van der Waals surface area contributed by atoms with Gasteiger partial charge in [0.2, 0.25) is 15.9 Å². The maximum atomic E-state index is 12.5. The van der Waals surface area contributed by atoms with E-state index in [1.807, 2.05) is 6.07 Å². The largest absolute Gasteiger partial charge is 0.493 e. The summed E-state index contributed by atoms with van der Waals surface area (Å²) >= 11 is 0. The zero-order valence-electron chi connectivity index (χ0n) is 16.3. The molecule has 28 heavy (non-hydrogen) atoms. The number of nitrogens with zero attached hydrogens (tertiary/aromatic N) is 1. The van der Waals surface area contributed by atoms with Crippen LogP contribution in [0.15, 0.2) is 42.5 Å². The maximum Gasteiger partial charge on any atom is 0.245 e. The number of ether oxygens (including phenoxy) is 3. The smallest absolute Gasteiger partial charge is 0.245 e. The van der Waals surface area contributed by atoms with E-state index in [0.717, 1.165) is 16.1 Å². The van der Waals surface area contributed by atoms with Crippen molar-refractivity contribution in [3.63, 3.8) is 0 Å². The van der Waals surface area contributed by atoms with Gasteiger partial charge in [-0.25, -0.2) is 8.42 Å². The van der Waals surface area contributed by atoms with Crippen LogP contribution in [0.1, 0.15) is 5.56 Å². The van der Waals surface area contributed by atoms with Crippen LogP contribution >= 0.6 is 0 Å². The minimum atomic E-state index is -3.71. The molecule has 1 N–H and O–H groups in total. The molecule has 1 amide bonds. The molecule has 152 valence electrons. The highest BCUT2D eigenvalue weighted by atomic mass is 32.2. The van der Waals surface area contributed by atoms with Gasteiger partial charge in [0.15, 0.2) is 11.5 Å². The zero-order chi connectivity index (χ0) is 20.7. The third kappa shape index (κ3) is 5.61. The Labute approximate surface area is 165 Å². The van der Waals surface area contributed by atoms with Gasteiger partial charge >= 0.3 is 0 Å². The Balaban J connectivity index is 2.23.